The molecule has 0 saturated heterocycles. The molecule has 1 aliphatic heterocycles. The summed E-state index contributed by atoms with van der Waals surface area (Å²) in [5, 5.41) is 2.69. The van der Waals surface area contributed by atoms with Gasteiger partial charge in [-0.25, -0.2) is 9.37 Å². The highest BCUT2D eigenvalue weighted by atomic mass is 32.2. The molecule has 1 amide bonds. The maximum atomic E-state index is 14.4. The number of carbonyl (C=O) groups is 1. The van der Waals surface area contributed by atoms with Crippen LogP contribution < -0.4 is 15.8 Å². The Kier molecular flexibility index (Phi) is 4.62. The summed E-state index contributed by atoms with van der Waals surface area (Å²) in [6, 6.07) is 6.73. The van der Waals surface area contributed by atoms with E-state index in [-0.39, 0.29) is 17.0 Å². The van der Waals surface area contributed by atoms with Crippen LogP contribution in [0.15, 0.2) is 41.5 Å². The number of benzene rings is 1. The number of aliphatic imine (C=N–C) groups is 1. The largest absolute Gasteiger partial charge is 0.495 e. The molecule has 2 aromatic rings. The Balaban J connectivity index is 1.56. The summed E-state index contributed by atoms with van der Waals surface area (Å²) in [7, 11) is 0.319. The minimum Gasteiger partial charge on any atom is -0.495 e. The molecule has 2 aliphatic rings. The average Bonchev–Trinajstić information content (AvgIpc) is 3.50. The van der Waals surface area contributed by atoms with E-state index < -0.39 is 33.3 Å². The van der Waals surface area contributed by atoms with Gasteiger partial charge in [0, 0.05) is 22.1 Å². The Labute approximate surface area is 163 Å². The van der Waals surface area contributed by atoms with Crippen LogP contribution in [0.25, 0.3) is 0 Å². The van der Waals surface area contributed by atoms with Crippen molar-refractivity contribution in [2.75, 3.05) is 18.2 Å². The van der Waals surface area contributed by atoms with Crippen molar-refractivity contribution in [3.8, 4) is 5.75 Å². The van der Waals surface area contributed by atoms with E-state index in [4.69, 9.17) is 10.5 Å². The number of amidine groups is 1. The van der Waals surface area contributed by atoms with Crippen molar-refractivity contribution >= 4 is 28.2 Å². The van der Waals surface area contributed by atoms with E-state index in [1.807, 2.05) is 0 Å². The Hall–Kier alpha value is -2.81. The van der Waals surface area contributed by atoms with Crippen LogP contribution in [0.5, 0.6) is 5.75 Å². The molecule has 2 unspecified atom stereocenters. The van der Waals surface area contributed by atoms with E-state index in [0.717, 1.165) is 12.8 Å². The third kappa shape index (κ3) is 3.26. The Morgan fingerprint density at radius 2 is 2.14 bits per heavy atom. The molecular formula is C19H19FN4O3S. The quantitative estimate of drug-likeness (QED) is 0.815. The number of hydrogen-bond acceptors (Lipinski definition) is 6. The fraction of sp³-hybridized carbons (Fsp3) is 0.316. The molecule has 7 nitrogen and oxygen atoms in total. The van der Waals surface area contributed by atoms with Crippen LogP contribution in [0.4, 0.5) is 10.1 Å². The number of pyridine rings is 1. The third-order valence-electron chi connectivity index (χ3n) is 5.03. The number of hydrogen-bond donors (Lipinski definition) is 2. The predicted molar refractivity (Wildman–Crippen MR) is 104 cm³/mol. The van der Waals surface area contributed by atoms with Crippen LogP contribution in [-0.2, 0) is 10.8 Å². The van der Waals surface area contributed by atoms with E-state index in [1.54, 1.807) is 6.07 Å². The van der Waals surface area contributed by atoms with Crippen molar-refractivity contribution in [1.29, 1.82) is 0 Å². The van der Waals surface area contributed by atoms with E-state index >= 15 is 0 Å². The van der Waals surface area contributed by atoms with E-state index in [9.17, 15) is 13.4 Å². The first-order valence-corrected chi connectivity index (χ1v) is 10.1. The van der Waals surface area contributed by atoms with Crippen molar-refractivity contribution in [1.82, 2.24) is 4.98 Å². The molecule has 28 heavy (non-hydrogen) atoms. The van der Waals surface area contributed by atoms with Gasteiger partial charge in [0.15, 0.2) is 0 Å². The molecule has 3 N–H and O–H groups in total. The molecule has 9 heteroatoms. The molecule has 1 aromatic carbocycles. The van der Waals surface area contributed by atoms with Gasteiger partial charge in [0.25, 0.3) is 5.91 Å². The summed E-state index contributed by atoms with van der Waals surface area (Å²) >= 11 is 0. The summed E-state index contributed by atoms with van der Waals surface area (Å²) in [5.41, 5.74) is 6.86. The number of nitrogens with one attached hydrogen (secondary N) is 1. The van der Waals surface area contributed by atoms with E-state index in [1.165, 1.54) is 37.6 Å². The minimum absolute atomic E-state index is 0.198. The summed E-state index contributed by atoms with van der Waals surface area (Å²) < 4.78 is 31.5. The molecule has 4 rings (SSSR count). The highest BCUT2D eigenvalue weighted by Crippen LogP contribution is 2.46. The smallest absolute Gasteiger partial charge is 0.274 e. The normalized spacial score (nSPS) is 22.4. The first-order valence-electron chi connectivity index (χ1n) is 8.76. The van der Waals surface area contributed by atoms with Gasteiger partial charge in [-0.1, -0.05) is 0 Å². The number of ether oxygens (including phenoxy) is 1. The lowest BCUT2D eigenvalue weighted by Crippen LogP contribution is -2.41. The van der Waals surface area contributed by atoms with E-state index in [0.29, 0.717) is 17.3 Å². The Morgan fingerprint density at radius 3 is 2.75 bits per heavy atom. The number of rotatable bonds is 4. The molecule has 0 bridgehead atoms. The van der Waals surface area contributed by atoms with Crippen LogP contribution in [0.1, 0.15) is 34.9 Å². The number of amides is 1. The fourth-order valence-corrected chi connectivity index (χ4v) is 4.91. The van der Waals surface area contributed by atoms with Crippen LogP contribution in [-0.4, -0.2) is 38.5 Å². The average molecular weight is 402 g/mol. The lowest BCUT2D eigenvalue weighted by atomic mass is 10.1. The second kappa shape index (κ2) is 6.97. The van der Waals surface area contributed by atoms with E-state index in [2.05, 4.69) is 15.3 Å². The zero-order valence-corrected chi connectivity index (χ0v) is 16.0. The lowest BCUT2D eigenvalue weighted by Gasteiger charge is -2.25. The molecule has 1 aliphatic carbocycles. The highest BCUT2D eigenvalue weighted by molar-refractivity contribution is 7.87. The third-order valence-corrected chi connectivity index (χ3v) is 7.14. The second-order valence-corrected chi connectivity index (χ2v) is 8.62. The first-order chi connectivity index (χ1) is 13.4. The van der Waals surface area contributed by atoms with Crippen LogP contribution in [0.3, 0.4) is 0 Å². The molecule has 1 spiro atoms. The Morgan fingerprint density at radius 1 is 1.36 bits per heavy atom. The van der Waals surface area contributed by atoms with Gasteiger partial charge in [0.2, 0.25) is 0 Å². The van der Waals surface area contributed by atoms with Gasteiger partial charge in [0.05, 0.1) is 25.1 Å². The summed E-state index contributed by atoms with van der Waals surface area (Å²) in [5.74, 6) is 0.168. The number of methoxy groups -OCH3 is 1. The number of anilines is 1. The summed E-state index contributed by atoms with van der Waals surface area (Å²) in [6.07, 6.45) is 2.96. The van der Waals surface area contributed by atoms with Gasteiger partial charge in [-0.3, -0.25) is 14.0 Å². The standard InChI is InChI=1S/C19H19FN4O3S/c1-27-12-3-5-15(22-9-12)17(25)23-11-2-4-14(20)13(8-11)16-10-28(26)19(6-7-19)18(21)24-16/h2-5,8-9,16H,6-7,10H2,1H3,(H2,21,24)(H,23,25). The van der Waals surface area contributed by atoms with Crippen LogP contribution in [0.2, 0.25) is 0 Å². The second-order valence-electron chi connectivity index (χ2n) is 6.81. The van der Waals surface area contributed by atoms with Crippen molar-refractivity contribution in [2.24, 2.45) is 10.7 Å². The fourth-order valence-electron chi connectivity index (χ4n) is 3.21. The molecule has 1 aromatic heterocycles. The predicted octanol–water partition coefficient (Wildman–Crippen LogP) is 2.17. The zero-order valence-electron chi connectivity index (χ0n) is 15.1. The Bertz CT molecular complexity index is 989. The number of nitrogens with two attached hydrogens (primary N) is 1. The summed E-state index contributed by atoms with van der Waals surface area (Å²) in [6.45, 7) is 0. The number of carbonyl (C=O) groups excluding carboxylic acids is 1. The molecule has 1 saturated carbocycles. The monoisotopic (exact) mass is 402 g/mol. The van der Waals surface area contributed by atoms with Crippen molar-refractivity contribution in [3.63, 3.8) is 0 Å². The molecule has 1 fully saturated rings. The summed E-state index contributed by atoms with van der Waals surface area (Å²) in [4.78, 5) is 20.8. The maximum absolute atomic E-state index is 14.4. The topological polar surface area (TPSA) is 107 Å². The van der Waals surface area contributed by atoms with Gasteiger partial charge in [-0.05, 0) is 43.2 Å². The highest BCUT2D eigenvalue weighted by Gasteiger charge is 2.55. The number of halogens is 1. The molecular weight excluding hydrogens is 383 g/mol. The van der Waals surface area contributed by atoms with Crippen LogP contribution in [0, 0.1) is 5.82 Å². The SMILES string of the molecule is COc1ccc(C(=O)Nc2ccc(F)c(C3CS(=O)C4(CC4)C(N)=N3)c2)nc1. The maximum Gasteiger partial charge on any atom is 0.274 e. The lowest BCUT2D eigenvalue weighted by molar-refractivity contribution is 0.102. The van der Waals surface area contributed by atoms with Crippen molar-refractivity contribution in [2.45, 2.75) is 23.6 Å². The minimum atomic E-state index is -1.19. The van der Waals surface area contributed by atoms with Gasteiger partial charge >= 0.3 is 0 Å². The first kappa shape index (κ1) is 18.5. The van der Waals surface area contributed by atoms with Gasteiger partial charge < -0.3 is 15.8 Å². The number of aromatic nitrogens is 1. The van der Waals surface area contributed by atoms with Crippen molar-refractivity contribution in [3.05, 3.63) is 53.6 Å². The van der Waals surface area contributed by atoms with Crippen LogP contribution >= 0.6 is 0 Å². The molecule has 2 atom stereocenters. The molecule has 0 radical (unpaired) electrons. The molecule has 146 valence electrons. The van der Waals surface area contributed by atoms with Crippen molar-refractivity contribution < 1.29 is 18.1 Å². The van der Waals surface area contributed by atoms with Gasteiger partial charge in [-0.2, -0.15) is 0 Å². The van der Waals surface area contributed by atoms with Gasteiger partial charge in [-0.15, -0.1) is 0 Å². The number of nitrogens with zero attached hydrogens (tertiary/aromatic N) is 2. The van der Waals surface area contributed by atoms with Gasteiger partial charge in [0.1, 0.15) is 27.8 Å². The molecule has 2 heterocycles. The zero-order chi connectivity index (χ0) is 19.9.